The number of rotatable bonds is 4. The van der Waals surface area contributed by atoms with E-state index < -0.39 is 0 Å². The Morgan fingerprint density at radius 2 is 1.33 bits per heavy atom. The predicted octanol–water partition coefficient (Wildman–Crippen LogP) is 7.99. The van der Waals surface area contributed by atoms with E-state index in [2.05, 4.69) is 109 Å². The standard InChI is InChI=1S/C23H24N4.C21H22N6/c1-15-9-19(11-21-14-27(2)26-23(15)21)20-10-18-4-3-17(12-22(18)25-13-20)16-5-7-24-8-6-16;1-13-11-27-12-17(10-20(27)14(2)23-13)21-24-18-4-3-16(9-19(18)25-26-21)15-5-7-22-8-6-15/h3-4,9-14,16,24H,5-8H2,1-2H3;3-4,9-12,15,22H,5-8H2,1-2H3. The molecular weight excluding hydrogens is 669 g/mol. The minimum Gasteiger partial charge on any atom is -0.320 e. The molecule has 10 nitrogen and oxygen atoms in total. The molecule has 2 saturated heterocycles. The highest BCUT2D eigenvalue weighted by Gasteiger charge is 2.18. The van der Waals surface area contributed by atoms with Gasteiger partial charge in [-0.3, -0.25) is 14.6 Å². The first-order chi connectivity index (χ1) is 26.3. The molecule has 10 rings (SSSR count). The monoisotopic (exact) mass is 714 g/mol. The number of aromatic nitrogens is 8. The molecule has 54 heavy (non-hydrogen) atoms. The van der Waals surface area contributed by atoms with Crippen LogP contribution in [0.4, 0.5) is 0 Å². The van der Waals surface area contributed by atoms with Crippen molar-refractivity contribution in [2.45, 2.75) is 58.3 Å². The highest BCUT2D eigenvalue weighted by molar-refractivity contribution is 5.90. The minimum atomic E-state index is 0.604. The second-order valence-corrected chi connectivity index (χ2v) is 15.1. The fourth-order valence-electron chi connectivity index (χ4n) is 8.34. The topological polar surface area (TPSA) is 111 Å². The average molecular weight is 715 g/mol. The van der Waals surface area contributed by atoms with Gasteiger partial charge in [0.1, 0.15) is 5.52 Å². The molecule has 2 fully saturated rings. The number of nitrogens with one attached hydrogen (secondary N) is 2. The Kier molecular flexibility index (Phi) is 9.08. The van der Waals surface area contributed by atoms with Gasteiger partial charge in [-0.05, 0) is 149 Å². The van der Waals surface area contributed by atoms with Crippen LogP contribution in [0.25, 0.3) is 60.9 Å². The third-order valence-electron chi connectivity index (χ3n) is 11.2. The van der Waals surface area contributed by atoms with Crippen LogP contribution in [0.15, 0.2) is 85.5 Å². The van der Waals surface area contributed by atoms with Crippen molar-refractivity contribution in [1.82, 2.24) is 50.0 Å². The SMILES string of the molecule is Cc1cc(-c2cnc3cc(C4CCNCC4)ccc3c2)cc2cn(C)nc12.Cc1cn2cc(-c3nnc4cc(C5CCNCC5)ccc4n3)cc2c(C)n1. The molecular formula is C44H46N10. The molecule has 2 aliphatic heterocycles. The van der Waals surface area contributed by atoms with Crippen LogP contribution in [0.2, 0.25) is 0 Å². The summed E-state index contributed by atoms with van der Waals surface area (Å²) in [4.78, 5) is 14.1. The Labute approximate surface area is 315 Å². The van der Waals surface area contributed by atoms with Gasteiger partial charge in [0.2, 0.25) is 0 Å². The zero-order valence-electron chi connectivity index (χ0n) is 31.5. The highest BCUT2D eigenvalue weighted by Crippen LogP contribution is 2.32. The van der Waals surface area contributed by atoms with Gasteiger partial charge in [0.15, 0.2) is 5.82 Å². The van der Waals surface area contributed by atoms with E-state index in [1.54, 1.807) is 0 Å². The van der Waals surface area contributed by atoms with E-state index in [1.165, 1.54) is 58.7 Å². The van der Waals surface area contributed by atoms with E-state index in [-0.39, 0.29) is 0 Å². The normalized spacial score (nSPS) is 15.6. The largest absolute Gasteiger partial charge is 0.320 e. The molecule has 5 aromatic heterocycles. The van der Waals surface area contributed by atoms with Crippen LogP contribution in [-0.2, 0) is 7.05 Å². The molecule has 8 aromatic rings. The third kappa shape index (κ3) is 6.83. The van der Waals surface area contributed by atoms with Gasteiger partial charge in [-0.2, -0.15) is 5.10 Å². The summed E-state index contributed by atoms with van der Waals surface area (Å²) in [5, 5.41) is 22.7. The molecule has 2 aliphatic rings. The second kappa shape index (κ2) is 14.3. The average Bonchev–Trinajstić information content (AvgIpc) is 3.81. The van der Waals surface area contributed by atoms with Crippen molar-refractivity contribution in [2.24, 2.45) is 7.05 Å². The lowest BCUT2D eigenvalue weighted by molar-refractivity contribution is 0.460. The quantitative estimate of drug-likeness (QED) is 0.189. The summed E-state index contributed by atoms with van der Waals surface area (Å²) in [6.45, 7) is 10.5. The molecule has 0 spiro atoms. The first-order valence-corrected chi connectivity index (χ1v) is 19.2. The van der Waals surface area contributed by atoms with Crippen molar-refractivity contribution in [3.8, 4) is 22.5 Å². The van der Waals surface area contributed by atoms with Crippen LogP contribution < -0.4 is 10.6 Å². The lowest BCUT2D eigenvalue weighted by Gasteiger charge is -2.23. The van der Waals surface area contributed by atoms with Gasteiger partial charge in [0.05, 0.1) is 33.5 Å². The summed E-state index contributed by atoms with van der Waals surface area (Å²) in [6, 6.07) is 22.0. The van der Waals surface area contributed by atoms with Crippen molar-refractivity contribution in [3.05, 3.63) is 114 Å². The molecule has 3 aromatic carbocycles. The highest BCUT2D eigenvalue weighted by atomic mass is 15.2. The number of hydrogen-bond acceptors (Lipinski definition) is 8. The van der Waals surface area contributed by atoms with Crippen LogP contribution in [0, 0.1) is 20.8 Å². The Morgan fingerprint density at radius 1 is 0.630 bits per heavy atom. The summed E-state index contributed by atoms with van der Waals surface area (Å²) in [6.07, 6.45) is 12.9. The van der Waals surface area contributed by atoms with Gasteiger partial charge in [0, 0.05) is 53.7 Å². The Morgan fingerprint density at radius 3 is 2.09 bits per heavy atom. The van der Waals surface area contributed by atoms with E-state index in [0.29, 0.717) is 17.7 Å². The lowest BCUT2D eigenvalue weighted by Crippen LogP contribution is -2.26. The zero-order chi connectivity index (χ0) is 36.8. The van der Waals surface area contributed by atoms with Gasteiger partial charge in [-0.1, -0.05) is 18.2 Å². The number of aryl methyl sites for hydroxylation is 4. The fraction of sp³-hybridized carbons (Fsp3) is 0.318. The summed E-state index contributed by atoms with van der Waals surface area (Å²) in [5.74, 6) is 1.92. The molecule has 7 heterocycles. The first kappa shape index (κ1) is 34.2. The first-order valence-electron chi connectivity index (χ1n) is 19.2. The molecule has 0 radical (unpaired) electrons. The van der Waals surface area contributed by atoms with Crippen LogP contribution in [-0.4, -0.2) is 65.5 Å². The van der Waals surface area contributed by atoms with E-state index in [4.69, 9.17) is 9.97 Å². The van der Waals surface area contributed by atoms with Crippen molar-refractivity contribution in [1.29, 1.82) is 0 Å². The van der Waals surface area contributed by atoms with Crippen LogP contribution in [0.1, 0.15) is 65.6 Å². The van der Waals surface area contributed by atoms with Crippen LogP contribution >= 0.6 is 0 Å². The molecule has 0 atom stereocenters. The number of piperidine rings is 2. The molecule has 0 saturated carbocycles. The summed E-state index contributed by atoms with van der Waals surface area (Å²) < 4.78 is 3.96. The van der Waals surface area contributed by atoms with E-state index in [9.17, 15) is 0 Å². The maximum Gasteiger partial charge on any atom is 0.183 e. The third-order valence-corrected chi connectivity index (χ3v) is 11.2. The molecule has 272 valence electrons. The minimum absolute atomic E-state index is 0.604. The summed E-state index contributed by atoms with van der Waals surface area (Å²) in [5.41, 5.74) is 14.3. The molecule has 2 N–H and O–H groups in total. The zero-order valence-corrected chi connectivity index (χ0v) is 31.5. The molecule has 0 bridgehead atoms. The number of hydrogen-bond donors (Lipinski definition) is 2. The number of nitrogens with zero attached hydrogens (tertiary/aromatic N) is 8. The van der Waals surface area contributed by atoms with Gasteiger partial charge in [-0.15, -0.1) is 10.2 Å². The Hall–Kier alpha value is -5.58. The van der Waals surface area contributed by atoms with E-state index >= 15 is 0 Å². The summed E-state index contributed by atoms with van der Waals surface area (Å²) in [7, 11) is 1.97. The Bertz CT molecular complexity index is 2640. The molecule has 0 amide bonds. The van der Waals surface area contributed by atoms with E-state index in [1.807, 2.05) is 44.2 Å². The van der Waals surface area contributed by atoms with Crippen molar-refractivity contribution >= 4 is 38.4 Å². The lowest BCUT2D eigenvalue weighted by atomic mass is 9.89. The second-order valence-electron chi connectivity index (χ2n) is 15.1. The molecule has 0 aliphatic carbocycles. The molecule has 0 unspecified atom stereocenters. The van der Waals surface area contributed by atoms with Crippen molar-refractivity contribution < 1.29 is 0 Å². The van der Waals surface area contributed by atoms with Crippen LogP contribution in [0.5, 0.6) is 0 Å². The maximum atomic E-state index is 4.79. The van der Waals surface area contributed by atoms with Crippen molar-refractivity contribution in [3.63, 3.8) is 0 Å². The maximum absolute atomic E-state index is 4.79. The van der Waals surface area contributed by atoms with Crippen LogP contribution in [0.3, 0.4) is 0 Å². The van der Waals surface area contributed by atoms with Gasteiger partial charge in [-0.25, -0.2) is 4.98 Å². The number of pyridine rings is 1. The number of benzene rings is 3. The van der Waals surface area contributed by atoms with E-state index in [0.717, 1.165) is 76.3 Å². The molecule has 10 heteroatoms. The Balaban J connectivity index is 0.000000142. The van der Waals surface area contributed by atoms with Gasteiger partial charge < -0.3 is 15.0 Å². The van der Waals surface area contributed by atoms with Gasteiger partial charge >= 0.3 is 0 Å². The number of fused-ring (bicyclic) bond motifs is 4. The smallest absolute Gasteiger partial charge is 0.183 e. The predicted molar refractivity (Wildman–Crippen MR) is 217 cm³/mol. The fourth-order valence-corrected chi connectivity index (χ4v) is 8.34. The summed E-state index contributed by atoms with van der Waals surface area (Å²) >= 11 is 0. The van der Waals surface area contributed by atoms with Crippen molar-refractivity contribution in [2.75, 3.05) is 26.2 Å². The van der Waals surface area contributed by atoms with Gasteiger partial charge in [0.25, 0.3) is 0 Å².